The molecule has 8 heteroatoms. The Labute approximate surface area is 167 Å². The summed E-state index contributed by atoms with van der Waals surface area (Å²) in [6.07, 6.45) is 2.47. The number of methoxy groups -OCH3 is 1. The normalized spacial score (nSPS) is 30.1. The minimum Gasteiger partial charge on any atom is -0.487 e. The summed E-state index contributed by atoms with van der Waals surface area (Å²) in [5.41, 5.74) is 6.94. The number of benzene rings is 1. The van der Waals surface area contributed by atoms with Crippen LogP contribution in [0.2, 0.25) is 0 Å². The fourth-order valence-corrected chi connectivity index (χ4v) is 4.50. The number of rotatable bonds is 3. The van der Waals surface area contributed by atoms with Crippen LogP contribution in [-0.4, -0.2) is 49.6 Å². The van der Waals surface area contributed by atoms with Gasteiger partial charge in [0.1, 0.15) is 24.6 Å². The fourth-order valence-electron chi connectivity index (χ4n) is 4.50. The van der Waals surface area contributed by atoms with Gasteiger partial charge in [0.15, 0.2) is 5.54 Å². The number of halogens is 1. The number of hydrogen-bond donors (Lipinski definition) is 1. The van der Waals surface area contributed by atoms with E-state index in [0.29, 0.717) is 23.5 Å². The molecule has 0 bridgehead atoms. The first-order valence-corrected chi connectivity index (χ1v) is 9.65. The molecule has 152 valence electrons. The molecule has 2 aromatic rings. The molecule has 3 aliphatic heterocycles. The molecule has 1 saturated heterocycles. The highest BCUT2D eigenvalue weighted by Crippen LogP contribution is 2.49. The molecular weight excluding hydrogens is 377 g/mol. The maximum absolute atomic E-state index is 14.3. The second-order valence-corrected chi connectivity index (χ2v) is 7.58. The lowest BCUT2D eigenvalue weighted by Gasteiger charge is -2.47. The van der Waals surface area contributed by atoms with Crippen LogP contribution in [0.4, 0.5) is 4.39 Å². The van der Waals surface area contributed by atoms with Crippen molar-refractivity contribution in [1.29, 1.82) is 0 Å². The van der Waals surface area contributed by atoms with E-state index in [1.54, 1.807) is 19.2 Å². The van der Waals surface area contributed by atoms with Gasteiger partial charge in [-0.25, -0.2) is 9.98 Å². The lowest BCUT2D eigenvalue weighted by Crippen LogP contribution is -2.57. The monoisotopic (exact) mass is 399 g/mol. The zero-order chi connectivity index (χ0) is 20.0. The third-order valence-corrected chi connectivity index (χ3v) is 5.82. The van der Waals surface area contributed by atoms with E-state index in [0.717, 1.165) is 18.4 Å². The highest BCUT2D eigenvalue weighted by Gasteiger charge is 2.56. The van der Waals surface area contributed by atoms with Crippen LogP contribution < -0.4 is 10.5 Å². The van der Waals surface area contributed by atoms with Crippen molar-refractivity contribution in [3.8, 4) is 16.9 Å². The number of nitrogens with zero attached hydrogens (tertiary/aromatic N) is 2. The molecule has 29 heavy (non-hydrogen) atoms. The lowest BCUT2D eigenvalue weighted by atomic mass is 9.77. The van der Waals surface area contributed by atoms with E-state index in [2.05, 4.69) is 9.98 Å². The van der Waals surface area contributed by atoms with Gasteiger partial charge in [-0.3, -0.25) is 0 Å². The van der Waals surface area contributed by atoms with E-state index in [1.165, 1.54) is 6.20 Å². The van der Waals surface area contributed by atoms with Crippen molar-refractivity contribution in [3.63, 3.8) is 0 Å². The number of ether oxygens (including phenoxy) is 4. The number of amidine groups is 1. The van der Waals surface area contributed by atoms with E-state index >= 15 is 0 Å². The van der Waals surface area contributed by atoms with Gasteiger partial charge in [-0.15, -0.1) is 0 Å². The number of aliphatic imine (C=N–C) groups is 1. The first-order valence-electron chi connectivity index (χ1n) is 9.65. The molecule has 1 aromatic carbocycles. The van der Waals surface area contributed by atoms with Gasteiger partial charge in [0.25, 0.3) is 6.02 Å². The summed E-state index contributed by atoms with van der Waals surface area (Å²) in [6.45, 7) is 0.738. The van der Waals surface area contributed by atoms with E-state index in [9.17, 15) is 4.39 Å². The first kappa shape index (κ1) is 18.3. The second-order valence-electron chi connectivity index (χ2n) is 7.58. The number of pyridine rings is 1. The van der Waals surface area contributed by atoms with Crippen LogP contribution in [0.15, 0.2) is 41.5 Å². The summed E-state index contributed by atoms with van der Waals surface area (Å²) >= 11 is 0. The molecule has 3 aliphatic rings. The van der Waals surface area contributed by atoms with E-state index in [-0.39, 0.29) is 30.9 Å². The molecule has 7 nitrogen and oxygen atoms in total. The highest BCUT2D eigenvalue weighted by molar-refractivity contribution is 5.75. The predicted octanol–water partition coefficient (Wildman–Crippen LogP) is 2.38. The zero-order valence-corrected chi connectivity index (χ0v) is 16.0. The van der Waals surface area contributed by atoms with Crippen LogP contribution in [0, 0.1) is 5.95 Å². The van der Waals surface area contributed by atoms with Gasteiger partial charge in [0, 0.05) is 24.4 Å². The van der Waals surface area contributed by atoms with E-state index < -0.39 is 11.5 Å². The van der Waals surface area contributed by atoms with Crippen LogP contribution >= 0.6 is 0 Å². The topological polar surface area (TPSA) is 88.2 Å². The minimum absolute atomic E-state index is 0.0563. The minimum atomic E-state index is -0.844. The maximum atomic E-state index is 14.3. The lowest BCUT2D eigenvalue weighted by molar-refractivity contribution is -0.165. The molecule has 4 heterocycles. The molecule has 1 spiro atoms. The molecular formula is C21H22FN3O4. The number of fused-ring (bicyclic) bond motifs is 4. The third kappa shape index (κ3) is 2.94. The molecule has 0 amide bonds. The average Bonchev–Trinajstić information content (AvgIpc) is 3.12. The van der Waals surface area contributed by atoms with Crippen molar-refractivity contribution in [2.45, 2.75) is 36.7 Å². The molecule has 1 aromatic heterocycles. The van der Waals surface area contributed by atoms with Gasteiger partial charge in [-0.05, 0) is 42.7 Å². The molecule has 2 N–H and O–H groups in total. The first-order chi connectivity index (χ1) is 14.1. The Morgan fingerprint density at radius 1 is 1.31 bits per heavy atom. The van der Waals surface area contributed by atoms with Crippen molar-refractivity contribution in [2.75, 3.05) is 20.3 Å². The van der Waals surface area contributed by atoms with Crippen molar-refractivity contribution in [2.24, 2.45) is 10.7 Å². The van der Waals surface area contributed by atoms with Crippen molar-refractivity contribution in [1.82, 2.24) is 4.98 Å². The van der Waals surface area contributed by atoms with Crippen molar-refractivity contribution >= 4 is 6.02 Å². The number of nitrogens with two attached hydrogens (primary N) is 1. The Morgan fingerprint density at radius 3 is 2.97 bits per heavy atom. The van der Waals surface area contributed by atoms with Gasteiger partial charge >= 0.3 is 0 Å². The molecule has 0 saturated carbocycles. The van der Waals surface area contributed by atoms with Crippen molar-refractivity contribution in [3.05, 3.63) is 48.0 Å². The molecule has 0 unspecified atom stereocenters. The summed E-state index contributed by atoms with van der Waals surface area (Å²) in [5.74, 6) is 0.158. The van der Waals surface area contributed by atoms with Gasteiger partial charge in [-0.2, -0.15) is 4.39 Å². The van der Waals surface area contributed by atoms with Crippen LogP contribution in [0.5, 0.6) is 5.75 Å². The highest BCUT2D eigenvalue weighted by atomic mass is 19.1. The Morgan fingerprint density at radius 2 is 2.21 bits per heavy atom. The van der Waals surface area contributed by atoms with Gasteiger partial charge in [0.05, 0.1) is 12.7 Å². The Kier molecular flexibility index (Phi) is 4.40. The van der Waals surface area contributed by atoms with Gasteiger partial charge in [-0.1, -0.05) is 6.07 Å². The molecule has 0 aliphatic carbocycles. The SMILES string of the molecule is COC[C@H]1CC[C@@H]2Oc3ccc(-c4cccnc4F)cc3[C@@]3(COC(N)=N3)[C@H]2O1. The summed E-state index contributed by atoms with van der Waals surface area (Å²) in [7, 11) is 1.65. The summed E-state index contributed by atoms with van der Waals surface area (Å²) < 4.78 is 37.8. The zero-order valence-electron chi connectivity index (χ0n) is 16.0. The molecule has 0 radical (unpaired) electrons. The smallest absolute Gasteiger partial charge is 0.283 e. The van der Waals surface area contributed by atoms with Crippen LogP contribution in [0.25, 0.3) is 11.1 Å². The quantitative estimate of drug-likeness (QED) is 0.798. The Bertz CT molecular complexity index is 969. The second kappa shape index (κ2) is 6.96. The number of hydrogen-bond acceptors (Lipinski definition) is 7. The number of aromatic nitrogens is 1. The standard InChI is InChI=1S/C21H22FN3O4/c1-26-10-13-5-7-17-18(28-13)21(11-27-20(23)25-21)15-9-12(4-6-16(15)29-17)14-3-2-8-24-19(14)22/h2-4,6,8-9,13,17-18H,5,7,10-11H2,1H3,(H2,23,25)/t13-,17+,18+,21+/m1/s1. The molecule has 5 rings (SSSR count). The Balaban J connectivity index is 1.62. The summed E-state index contributed by atoms with van der Waals surface area (Å²) in [4.78, 5) is 8.43. The van der Waals surface area contributed by atoms with E-state index in [1.807, 2.05) is 18.2 Å². The van der Waals surface area contributed by atoms with Crippen molar-refractivity contribution < 1.29 is 23.3 Å². The van der Waals surface area contributed by atoms with Gasteiger partial charge in [0.2, 0.25) is 5.95 Å². The van der Waals surface area contributed by atoms with Crippen LogP contribution in [0.3, 0.4) is 0 Å². The predicted molar refractivity (Wildman–Crippen MR) is 103 cm³/mol. The third-order valence-electron chi connectivity index (χ3n) is 5.82. The largest absolute Gasteiger partial charge is 0.487 e. The maximum Gasteiger partial charge on any atom is 0.283 e. The average molecular weight is 399 g/mol. The summed E-state index contributed by atoms with van der Waals surface area (Å²) in [5, 5.41) is 0. The summed E-state index contributed by atoms with van der Waals surface area (Å²) in [6, 6.07) is 9.06. The Hall–Kier alpha value is -2.71. The van der Waals surface area contributed by atoms with E-state index in [4.69, 9.17) is 24.7 Å². The molecule has 1 fully saturated rings. The van der Waals surface area contributed by atoms with Gasteiger partial charge < -0.3 is 24.7 Å². The van der Waals surface area contributed by atoms with Crippen LogP contribution in [-0.2, 0) is 19.7 Å². The fraction of sp³-hybridized carbons (Fsp3) is 0.429. The molecule has 4 atom stereocenters. The van der Waals surface area contributed by atoms with Crippen LogP contribution in [0.1, 0.15) is 18.4 Å².